The second-order valence-electron chi connectivity index (χ2n) is 3.57. The highest BCUT2D eigenvalue weighted by molar-refractivity contribution is 7.99. The van der Waals surface area contributed by atoms with Crippen LogP contribution in [-0.4, -0.2) is 17.5 Å². The molecule has 0 spiro atoms. The van der Waals surface area contributed by atoms with Gasteiger partial charge in [-0.15, -0.1) is 0 Å². The monoisotopic (exact) mass is 157 g/mol. The Bertz CT molecular complexity index is 104. The fourth-order valence-corrected chi connectivity index (χ4v) is 3.69. The number of thioether (sulfide) groups is 1. The van der Waals surface area contributed by atoms with Crippen molar-refractivity contribution in [2.45, 2.75) is 25.3 Å². The normalized spacial score (nSPS) is 47.1. The molecule has 2 N–H and O–H groups in total. The summed E-state index contributed by atoms with van der Waals surface area (Å²) < 4.78 is 0. The van der Waals surface area contributed by atoms with E-state index in [0.29, 0.717) is 6.04 Å². The van der Waals surface area contributed by atoms with Crippen molar-refractivity contribution < 1.29 is 0 Å². The van der Waals surface area contributed by atoms with Crippen molar-refractivity contribution >= 4 is 11.8 Å². The minimum Gasteiger partial charge on any atom is -0.327 e. The zero-order valence-electron chi connectivity index (χ0n) is 6.25. The number of nitrogens with two attached hydrogens (primary N) is 1. The van der Waals surface area contributed by atoms with Crippen LogP contribution >= 0.6 is 11.8 Å². The summed E-state index contributed by atoms with van der Waals surface area (Å²) in [5.41, 5.74) is 6.07. The fourth-order valence-electron chi connectivity index (χ4n) is 2.17. The summed E-state index contributed by atoms with van der Waals surface area (Å²) in [7, 11) is 0. The van der Waals surface area contributed by atoms with Crippen LogP contribution in [0, 0.1) is 11.8 Å². The third-order valence-electron chi connectivity index (χ3n) is 2.90. The van der Waals surface area contributed by atoms with E-state index in [1.807, 2.05) is 0 Å². The van der Waals surface area contributed by atoms with E-state index in [-0.39, 0.29) is 0 Å². The van der Waals surface area contributed by atoms with E-state index in [4.69, 9.17) is 5.73 Å². The Balaban J connectivity index is 2.05. The first kappa shape index (κ1) is 6.99. The van der Waals surface area contributed by atoms with Crippen LogP contribution in [0.25, 0.3) is 0 Å². The lowest BCUT2D eigenvalue weighted by Gasteiger charge is -2.39. The van der Waals surface area contributed by atoms with Crippen molar-refractivity contribution in [1.82, 2.24) is 0 Å². The average molecular weight is 157 g/mol. The van der Waals surface area contributed by atoms with E-state index in [1.54, 1.807) is 0 Å². The SMILES string of the molecule is NC1C2CCCC1CSC2. The van der Waals surface area contributed by atoms with Crippen LogP contribution in [-0.2, 0) is 0 Å². The highest BCUT2D eigenvalue weighted by atomic mass is 32.2. The predicted octanol–water partition coefficient (Wildman–Crippen LogP) is 1.48. The molecule has 0 amide bonds. The Morgan fingerprint density at radius 3 is 2.20 bits per heavy atom. The Morgan fingerprint density at radius 2 is 1.70 bits per heavy atom. The van der Waals surface area contributed by atoms with Crippen molar-refractivity contribution in [2.75, 3.05) is 11.5 Å². The van der Waals surface area contributed by atoms with Crippen molar-refractivity contribution in [3.05, 3.63) is 0 Å². The Morgan fingerprint density at radius 1 is 1.10 bits per heavy atom. The minimum absolute atomic E-state index is 0.551. The summed E-state index contributed by atoms with van der Waals surface area (Å²) in [6.45, 7) is 0. The van der Waals surface area contributed by atoms with E-state index in [2.05, 4.69) is 11.8 Å². The summed E-state index contributed by atoms with van der Waals surface area (Å²) in [5, 5.41) is 0. The molecule has 0 radical (unpaired) electrons. The van der Waals surface area contributed by atoms with Gasteiger partial charge >= 0.3 is 0 Å². The summed E-state index contributed by atoms with van der Waals surface area (Å²) in [6, 6.07) is 0.551. The van der Waals surface area contributed by atoms with Crippen molar-refractivity contribution in [2.24, 2.45) is 17.6 Å². The van der Waals surface area contributed by atoms with E-state index >= 15 is 0 Å². The third-order valence-corrected chi connectivity index (χ3v) is 4.23. The van der Waals surface area contributed by atoms with E-state index in [0.717, 1.165) is 11.8 Å². The van der Waals surface area contributed by atoms with Crippen molar-refractivity contribution in [1.29, 1.82) is 0 Å². The van der Waals surface area contributed by atoms with Gasteiger partial charge in [0.1, 0.15) is 0 Å². The van der Waals surface area contributed by atoms with Crippen LogP contribution in [0.1, 0.15) is 19.3 Å². The van der Waals surface area contributed by atoms with Gasteiger partial charge in [-0.2, -0.15) is 11.8 Å². The molecule has 1 aliphatic heterocycles. The molecule has 2 unspecified atom stereocenters. The number of fused-ring (bicyclic) bond motifs is 2. The molecular formula is C8H15NS. The zero-order chi connectivity index (χ0) is 6.97. The minimum atomic E-state index is 0.551. The molecule has 1 nitrogen and oxygen atoms in total. The second-order valence-corrected chi connectivity index (χ2v) is 4.64. The smallest absolute Gasteiger partial charge is 0.0111 e. The van der Waals surface area contributed by atoms with Gasteiger partial charge in [-0.25, -0.2) is 0 Å². The molecule has 1 aliphatic carbocycles. The number of hydrogen-bond acceptors (Lipinski definition) is 2. The van der Waals surface area contributed by atoms with Gasteiger partial charge in [-0.3, -0.25) is 0 Å². The van der Waals surface area contributed by atoms with Gasteiger partial charge in [0.15, 0.2) is 0 Å². The largest absolute Gasteiger partial charge is 0.327 e. The lowest BCUT2D eigenvalue weighted by molar-refractivity contribution is 0.249. The molecule has 10 heavy (non-hydrogen) atoms. The fraction of sp³-hybridized carbons (Fsp3) is 1.00. The van der Waals surface area contributed by atoms with Crippen LogP contribution in [0.4, 0.5) is 0 Å². The third kappa shape index (κ3) is 1.08. The van der Waals surface area contributed by atoms with Gasteiger partial charge in [0, 0.05) is 6.04 Å². The lowest BCUT2D eigenvalue weighted by Crippen LogP contribution is -2.45. The molecule has 1 saturated carbocycles. The number of hydrogen-bond donors (Lipinski definition) is 1. The summed E-state index contributed by atoms with van der Waals surface area (Å²) >= 11 is 2.11. The maximum absolute atomic E-state index is 6.07. The van der Waals surface area contributed by atoms with Crippen molar-refractivity contribution in [3.8, 4) is 0 Å². The standard InChI is InChI=1S/C8H15NS/c9-8-6-2-1-3-7(8)5-10-4-6/h6-8H,1-5,9H2. The molecule has 0 aromatic rings. The highest BCUT2D eigenvalue weighted by Gasteiger charge is 2.33. The second kappa shape index (κ2) is 2.74. The zero-order valence-corrected chi connectivity index (χ0v) is 7.07. The summed E-state index contributed by atoms with van der Waals surface area (Å²) in [5.74, 6) is 4.38. The van der Waals surface area contributed by atoms with E-state index in [9.17, 15) is 0 Å². The first-order valence-electron chi connectivity index (χ1n) is 4.21. The molecule has 2 atom stereocenters. The van der Waals surface area contributed by atoms with Gasteiger partial charge in [-0.05, 0) is 36.2 Å². The Hall–Kier alpha value is 0.310. The first-order valence-corrected chi connectivity index (χ1v) is 5.37. The van der Waals surface area contributed by atoms with E-state index in [1.165, 1.54) is 30.8 Å². The maximum Gasteiger partial charge on any atom is 0.0111 e. The predicted molar refractivity (Wildman–Crippen MR) is 46.1 cm³/mol. The molecule has 2 heteroatoms. The van der Waals surface area contributed by atoms with Gasteiger partial charge in [0.05, 0.1) is 0 Å². The first-order chi connectivity index (χ1) is 4.88. The Labute approximate surface area is 66.7 Å². The molecular weight excluding hydrogens is 142 g/mol. The van der Waals surface area contributed by atoms with Crippen LogP contribution in [0.5, 0.6) is 0 Å². The van der Waals surface area contributed by atoms with Gasteiger partial charge in [0.2, 0.25) is 0 Å². The molecule has 2 fully saturated rings. The topological polar surface area (TPSA) is 26.0 Å². The maximum atomic E-state index is 6.07. The van der Waals surface area contributed by atoms with Crippen LogP contribution < -0.4 is 5.73 Å². The Kier molecular flexibility index (Phi) is 1.92. The quantitative estimate of drug-likeness (QED) is 0.576. The van der Waals surface area contributed by atoms with Crippen LogP contribution in [0.2, 0.25) is 0 Å². The van der Waals surface area contributed by atoms with Gasteiger partial charge in [-0.1, -0.05) is 6.42 Å². The molecule has 1 saturated heterocycles. The van der Waals surface area contributed by atoms with Gasteiger partial charge < -0.3 is 5.73 Å². The highest BCUT2D eigenvalue weighted by Crippen LogP contribution is 2.37. The van der Waals surface area contributed by atoms with Crippen LogP contribution in [0.15, 0.2) is 0 Å². The molecule has 0 aromatic heterocycles. The number of rotatable bonds is 0. The average Bonchev–Trinajstić information content (AvgIpc) is 1.86. The molecule has 2 rings (SSSR count). The molecule has 0 aromatic carbocycles. The van der Waals surface area contributed by atoms with Gasteiger partial charge in [0.25, 0.3) is 0 Å². The molecule has 1 heterocycles. The summed E-state index contributed by atoms with van der Waals surface area (Å²) in [4.78, 5) is 0. The molecule has 58 valence electrons. The molecule has 2 aliphatic rings. The van der Waals surface area contributed by atoms with Crippen LogP contribution in [0.3, 0.4) is 0 Å². The van der Waals surface area contributed by atoms with Crippen molar-refractivity contribution in [3.63, 3.8) is 0 Å². The molecule has 2 bridgehead atoms. The van der Waals surface area contributed by atoms with E-state index < -0.39 is 0 Å². The lowest BCUT2D eigenvalue weighted by atomic mass is 9.79. The summed E-state index contributed by atoms with van der Waals surface area (Å²) in [6.07, 6.45) is 4.22.